The number of hydrogen-bond donors (Lipinski definition) is 1. The Balaban J connectivity index is 1.63. The quantitative estimate of drug-likeness (QED) is 0.426. The molecule has 1 N–H and O–H groups in total. The summed E-state index contributed by atoms with van der Waals surface area (Å²) in [6.45, 7) is 5.02. The van der Waals surface area contributed by atoms with Crippen molar-refractivity contribution in [3.63, 3.8) is 0 Å². The number of nitrogens with zero attached hydrogens (tertiary/aromatic N) is 4. The third-order valence-electron chi connectivity index (χ3n) is 5.76. The Labute approximate surface area is 220 Å². The number of rotatable bonds is 8. The number of carbonyl (C=O) groups excluding carboxylic acids is 3. The molecule has 14 heteroatoms. The second-order valence-electron chi connectivity index (χ2n) is 8.60. The molecule has 1 aliphatic rings. The van der Waals surface area contributed by atoms with Gasteiger partial charge in [0.05, 0.1) is 31.0 Å². The second kappa shape index (κ2) is 11.7. The highest BCUT2D eigenvalue weighted by atomic mass is 19.4. The van der Waals surface area contributed by atoms with Gasteiger partial charge in [-0.1, -0.05) is 6.07 Å². The van der Waals surface area contributed by atoms with E-state index >= 15 is 0 Å². The smallest absolute Gasteiger partial charge is 0.433 e. The average molecular weight is 550 g/mol. The molecule has 0 saturated carbocycles. The van der Waals surface area contributed by atoms with Crippen LogP contribution in [0.4, 0.5) is 18.9 Å². The summed E-state index contributed by atoms with van der Waals surface area (Å²) in [6.07, 6.45) is -4.22. The second-order valence-corrected chi connectivity index (χ2v) is 8.60. The Morgan fingerprint density at radius 2 is 1.92 bits per heavy atom. The van der Waals surface area contributed by atoms with Crippen molar-refractivity contribution < 1.29 is 41.8 Å². The number of morpholine rings is 1. The first-order valence-electron chi connectivity index (χ1n) is 12.1. The molecule has 0 bridgehead atoms. The van der Waals surface area contributed by atoms with Crippen molar-refractivity contribution in [1.29, 1.82) is 0 Å². The number of hydrogen-bond acceptors (Lipinski definition) is 8. The minimum absolute atomic E-state index is 0.0214. The molecule has 3 aromatic rings. The molecule has 2 amide bonds. The van der Waals surface area contributed by atoms with Crippen LogP contribution in [-0.4, -0.2) is 76.5 Å². The molecule has 208 valence electrons. The van der Waals surface area contributed by atoms with Crippen molar-refractivity contribution in [2.24, 2.45) is 0 Å². The lowest BCUT2D eigenvalue weighted by molar-refractivity contribution is -0.150. The van der Waals surface area contributed by atoms with E-state index in [2.05, 4.69) is 15.4 Å². The van der Waals surface area contributed by atoms with Crippen molar-refractivity contribution in [2.75, 3.05) is 38.2 Å². The summed E-state index contributed by atoms with van der Waals surface area (Å²) in [5, 5.41) is 7.42. The van der Waals surface area contributed by atoms with Gasteiger partial charge in [0.25, 0.3) is 5.91 Å². The average Bonchev–Trinajstić information content (AvgIpc) is 3.29. The van der Waals surface area contributed by atoms with Gasteiger partial charge in [-0.15, -0.1) is 0 Å². The normalized spacial score (nSPS) is 14.6. The maximum absolute atomic E-state index is 13.1. The number of amides is 2. The number of anilines is 1. The van der Waals surface area contributed by atoms with Gasteiger partial charge < -0.3 is 24.4 Å². The molecule has 4 rings (SSSR count). The van der Waals surface area contributed by atoms with Crippen LogP contribution in [0.2, 0.25) is 0 Å². The predicted molar refractivity (Wildman–Crippen MR) is 131 cm³/mol. The predicted octanol–water partition coefficient (Wildman–Crippen LogP) is 2.89. The van der Waals surface area contributed by atoms with Gasteiger partial charge in [0.1, 0.15) is 23.7 Å². The molecule has 0 radical (unpaired) electrons. The molecular weight excluding hydrogens is 523 g/mol. The Morgan fingerprint density at radius 1 is 1.18 bits per heavy atom. The fourth-order valence-electron chi connectivity index (χ4n) is 3.83. The lowest BCUT2D eigenvalue weighted by Crippen LogP contribution is -2.42. The van der Waals surface area contributed by atoms with Crippen molar-refractivity contribution in [3.8, 4) is 5.75 Å². The summed E-state index contributed by atoms with van der Waals surface area (Å²) in [7, 11) is 0. The lowest BCUT2D eigenvalue weighted by atomic mass is 10.2. The molecule has 1 saturated heterocycles. The minimum Gasteiger partial charge on any atom is -0.477 e. The molecule has 11 nitrogen and oxygen atoms in total. The number of benzene rings is 1. The largest absolute Gasteiger partial charge is 0.477 e. The molecule has 1 aromatic carbocycles. The van der Waals surface area contributed by atoms with Gasteiger partial charge in [0.2, 0.25) is 5.91 Å². The van der Waals surface area contributed by atoms with Gasteiger partial charge in [-0.3, -0.25) is 14.3 Å². The topological polar surface area (TPSA) is 125 Å². The monoisotopic (exact) mass is 549 g/mol. The first-order chi connectivity index (χ1) is 18.5. The zero-order valence-electron chi connectivity index (χ0n) is 21.2. The summed E-state index contributed by atoms with van der Waals surface area (Å²) >= 11 is 0. The van der Waals surface area contributed by atoms with E-state index in [-0.39, 0.29) is 30.5 Å². The Hall–Kier alpha value is -4.20. The SMILES string of the molecule is CCOC(=O)C(C)Oc1cc2nn(CC(=O)N3CCOCC3)cc2cc1NC(=O)c1cccc(C(F)(F)F)n1. The number of nitrogens with one attached hydrogen (secondary N) is 1. The van der Waals surface area contributed by atoms with E-state index in [1.54, 1.807) is 18.0 Å². The summed E-state index contributed by atoms with van der Waals surface area (Å²) in [5.74, 6) is -1.71. The fourth-order valence-corrected chi connectivity index (χ4v) is 3.83. The zero-order chi connectivity index (χ0) is 28.2. The summed E-state index contributed by atoms with van der Waals surface area (Å²) in [5.41, 5.74) is -1.24. The first kappa shape index (κ1) is 27.8. The molecule has 0 aliphatic carbocycles. The van der Waals surface area contributed by atoms with Gasteiger partial charge in [0.15, 0.2) is 6.10 Å². The lowest BCUT2D eigenvalue weighted by Gasteiger charge is -2.26. The van der Waals surface area contributed by atoms with Crippen LogP contribution >= 0.6 is 0 Å². The van der Waals surface area contributed by atoms with Crippen LogP contribution in [0.25, 0.3) is 10.9 Å². The van der Waals surface area contributed by atoms with E-state index in [9.17, 15) is 27.6 Å². The third kappa shape index (κ3) is 6.82. The molecule has 0 spiro atoms. The fraction of sp³-hybridized carbons (Fsp3) is 0.400. The van der Waals surface area contributed by atoms with E-state index < -0.39 is 35.5 Å². The molecule has 39 heavy (non-hydrogen) atoms. The Kier molecular flexibility index (Phi) is 8.33. The van der Waals surface area contributed by atoms with Crippen molar-refractivity contribution in [2.45, 2.75) is 32.7 Å². The number of fused-ring (bicyclic) bond motifs is 1. The first-order valence-corrected chi connectivity index (χ1v) is 12.1. The van der Waals surface area contributed by atoms with E-state index in [1.165, 1.54) is 23.7 Å². The molecule has 1 aliphatic heterocycles. The van der Waals surface area contributed by atoms with E-state index in [0.717, 1.165) is 18.2 Å². The van der Waals surface area contributed by atoms with Gasteiger partial charge >= 0.3 is 12.1 Å². The van der Waals surface area contributed by atoms with Crippen molar-refractivity contribution in [3.05, 3.63) is 47.9 Å². The van der Waals surface area contributed by atoms with E-state index in [0.29, 0.717) is 37.2 Å². The van der Waals surface area contributed by atoms with Crippen LogP contribution in [0, 0.1) is 0 Å². The third-order valence-corrected chi connectivity index (χ3v) is 5.76. The van der Waals surface area contributed by atoms with Gasteiger partial charge in [-0.05, 0) is 32.0 Å². The number of halogens is 3. The molecule has 3 heterocycles. The number of alkyl halides is 3. The van der Waals surface area contributed by atoms with Crippen LogP contribution in [0.5, 0.6) is 5.75 Å². The summed E-state index contributed by atoms with van der Waals surface area (Å²) < 4.78 is 56.7. The maximum Gasteiger partial charge on any atom is 0.433 e. The highest BCUT2D eigenvalue weighted by Gasteiger charge is 2.33. The van der Waals surface area contributed by atoms with E-state index in [4.69, 9.17) is 14.2 Å². The van der Waals surface area contributed by atoms with Crippen LogP contribution in [0.1, 0.15) is 30.0 Å². The minimum atomic E-state index is -4.73. The molecule has 1 unspecified atom stereocenters. The summed E-state index contributed by atoms with van der Waals surface area (Å²) in [4.78, 5) is 42.7. The Morgan fingerprint density at radius 3 is 2.62 bits per heavy atom. The Bertz CT molecular complexity index is 1370. The number of esters is 1. The van der Waals surface area contributed by atoms with Gasteiger partial charge in [-0.2, -0.15) is 18.3 Å². The molecule has 1 fully saturated rings. The van der Waals surface area contributed by atoms with Gasteiger partial charge in [-0.25, -0.2) is 9.78 Å². The van der Waals surface area contributed by atoms with Crippen LogP contribution < -0.4 is 10.1 Å². The van der Waals surface area contributed by atoms with Gasteiger partial charge in [0, 0.05) is 30.7 Å². The number of aromatic nitrogens is 3. The highest BCUT2D eigenvalue weighted by Crippen LogP contribution is 2.32. The zero-order valence-corrected chi connectivity index (χ0v) is 21.2. The number of ether oxygens (including phenoxy) is 3. The van der Waals surface area contributed by atoms with Crippen LogP contribution in [0.3, 0.4) is 0 Å². The number of carbonyl (C=O) groups is 3. The maximum atomic E-state index is 13.1. The molecule has 1 atom stereocenters. The number of pyridine rings is 1. The highest BCUT2D eigenvalue weighted by molar-refractivity contribution is 6.05. The van der Waals surface area contributed by atoms with Crippen LogP contribution in [0.15, 0.2) is 36.5 Å². The van der Waals surface area contributed by atoms with Crippen molar-refractivity contribution >= 4 is 34.4 Å². The molecule has 2 aromatic heterocycles. The molecular formula is C25H26F3N5O6. The van der Waals surface area contributed by atoms with Crippen molar-refractivity contribution in [1.82, 2.24) is 19.7 Å². The summed E-state index contributed by atoms with van der Waals surface area (Å²) in [6, 6.07) is 5.90. The van der Waals surface area contributed by atoms with E-state index in [1.807, 2.05) is 0 Å². The standard InChI is InChI=1S/C25H26F3N5O6/c1-3-38-24(36)15(2)39-20-12-18-16(13-33(31-18)14-22(34)32-7-9-37-10-8-32)11-19(20)30-23(35)17-5-4-6-21(29-17)25(26,27)28/h4-6,11-13,15H,3,7-10,14H2,1-2H3,(H,30,35). The van der Waals surface area contributed by atoms with Crippen LogP contribution in [-0.2, 0) is 31.8 Å².